The lowest BCUT2D eigenvalue weighted by molar-refractivity contribution is 0.328. The van der Waals surface area contributed by atoms with Crippen LogP contribution in [-0.4, -0.2) is 31.7 Å². The lowest BCUT2D eigenvalue weighted by Crippen LogP contribution is -2.27. The number of thiazole rings is 1. The fraction of sp³-hybridized carbons (Fsp3) is 0.400. The molecule has 7 nitrogen and oxygen atoms in total. The Morgan fingerprint density at radius 3 is 2.50 bits per heavy atom. The number of anilines is 2. The number of hydrogen-bond donors (Lipinski definition) is 3. The lowest BCUT2D eigenvalue weighted by atomic mass is 9.85. The van der Waals surface area contributed by atoms with Crippen LogP contribution in [0.4, 0.5) is 10.8 Å². The number of nitrogens with one attached hydrogen (secondary N) is 2. The Balaban J connectivity index is 1.60. The molecule has 2 aromatic carbocycles. The Morgan fingerprint density at radius 2 is 1.82 bits per heavy atom. The minimum Gasteiger partial charge on any atom is -0.508 e. The van der Waals surface area contributed by atoms with Gasteiger partial charge in [0.05, 0.1) is 17.7 Å². The monoisotopic (exact) mass is 501 g/mol. The van der Waals surface area contributed by atoms with Gasteiger partial charge in [-0.05, 0) is 80.6 Å². The molecule has 1 atom stereocenters. The smallest absolute Gasteiger partial charge is 0.265 e. The number of methoxy groups -OCH3 is 1. The minimum absolute atomic E-state index is 0.0402. The summed E-state index contributed by atoms with van der Waals surface area (Å²) in [6.45, 7) is 4.16. The first-order chi connectivity index (χ1) is 16.3. The van der Waals surface area contributed by atoms with Crippen LogP contribution in [0, 0.1) is 12.8 Å². The average molecular weight is 502 g/mol. The third kappa shape index (κ3) is 5.47. The van der Waals surface area contributed by atoms with Gasteiger partial charge in [0, 0.05) is 11.7 Å². The van der Waals surface area contributed by atoms with Crippen LogP contribution in [0.1, 0.15) is 44.7 Å². The normalized spacial score (nSPS) is 15.6. The Morgan fingerprint density at radius 1 is 1.12 bits per heavy atom. The van der Waals surface area contributed by atoms with Gasteiger partial charge in [-0.1, -0.05) is 30.6 Å². The molecule has 3 N–H and O–H groups in total. The number of aromatic hydroxyl groups is 1. The molecule has 0 bridgehead atoms. The van der Waals surface area contributed by atoms with Crippen molar-refractivity contribution in [2.24, 2.45) is 5.92 Å². The molecule has 1 heterocycles. The molecule has 0 spiro atoms. The second-order valence-electron chi connectivity index (χ2n) is 8.78. The van der Waals surface area contributed by atoms with E-state index in [0.717, 1.165) is 21.3 Å². The molecule has 9 heteroatoms. The molecular formula is C25H31N3O4S2. The predicted octanol–water partition coefficient (Wildman–Crippen LogP) is 6.01. The van der Waals surface area contributed by atoms with Crippen molar-refractivity contribution < 1.29 is 18.3 Å². The fourth-order valence-corrected chi connectivity index (χ4v) is 6.75. The highest BCUT2D eigenvalue weighted by molar-refractivity contribution is 7.92. The Hall–Kier alpha value is -2.78. The molecule has 4 rings (SSSR count). The number of nitrogens with zero attached hydrogens (tertiary/aromatic N) is 1. The predicted molar refractivity (Wildman–Crippen MR) is 137 cm³/mol. The Labute approximate surface area is 205 Å². The van der Waals surface area contributed by atoms with Crippen molar-refractivity contribution >= 4 is 32.2 Å². The molecule has 1 aliphatic rings. The van der Waals surface area contributed by atoms with Crippen LogP contribution in [0.5, 0.6) is 11.5 Å². The van der Waals surface area contributed by atoms with Gasteiger partial charge in [0.1, 0.15) is 16.4 Å². The highest BCUT2D eigenvalue weighted by Gasteiger charge is 2.24. The van der Waals surface area contributed by atoms with E-state index in [-0.39, 0.29) is 16.4 Å². The van der Waals surface area contributed by atoms with E-state index >= 15 is 0 Å². The van der Waals surface area contributed by atoms with E-state index in [9.17, 15) is 13.5 Å². The fourth-order valence-electron chi connectivity index (χ4n) is 4.44. The van der Waals surface area contributed by atoms with Crippen molar-refractivity contribution in [1.29, 1.82) is 0 Å². The molecule has 1 aromatic heterocycles. The van der Waals surface area contributed by atoms with Gasteiger partial charge in [0.2, 0.25) is 0 Å². The van der Waals surface area contributed by atoms with Gasteiger partial charge in [-0.3, -0.25) is 4.72 Å². The van der Waals surface area contributed by atoms with E-state index in [2.05, 4.69) is 17.0 Å². The quantitative estimate of drug-likeness (QED) is 0.327. The summed E-state index contributed by atoms with van der Waals surface area (Å²) in [5.74, 6) is 0.969. The zero-order chi connectivity index (χ0) is 24.3. The maximum Gasteiger partial charge on any atom is 0.265 e. The van der Waals surface area contributed by atoms with Gasteiger partial charge < -0.3 is 15.2 Å². The van der Waals surface area contributed by atoms with Gasteiger partial charge in [0.15, 0.2) is 5.13 Å². The van der Waals surface area contributed by atoms with E-state index in [1.54, 1.807) is 12.1 Å². The lowest BCUT2D eigenvalue weighted by Gasteiger charge is -2.28. The summed E-state index contributed by atoms with van der Waals surface area (Å²) in [7, 11) is -2.48. The van der Waals surface area contributed by atoms with Gasteiger partial charge in [-0.25, -0.2) is 13.4 Å². The van der Waals surface area contributed by atoms with Gasteiger partial charge >= 0.3 is 0 Å². The zero-order valence-corrected chi connectivity index (χ0v) is 21.3. The number of phenols is 1. The third-order valence-corrected chi connectivity index (χ3v) is 8.88. The van der Waals surface area contributed by atoms with Crippen LogP contribution in [0.3, 0.4) is 0 Å². The summed E-state index contributed by atoms with van der Waals surface area (Å²) in [5.41, 5.74) is 1.96. The van der Waals surface area contributed by atoms with Crippen LogP contribution in [0.15, 0.2) is 47.4 Å². The van der Waals surface area contributed by atoms with Crippen LogP contribution < -0.4 is 14.8 Å². The van der Waals surface area contributed by atoms with E-state index in [0.29, 0.717) is 17.6 Å². The van der Waals surface area contributed by atoms with Crippen molar-refractivity contribution in [1.82, 2.24) is 4.98 Å². The maximum atomic E-state index is 13.2. The van der Waals surface area contributed by atoms with Crippen molar-refractivity contribution in [2.45, 2.75) is 56.9 Å². The summed E-state index contributed by atoms with van der Waals surface area (Å²) in [6, 6.07) is 11.3. The highest BCUT2D eigenvalue weighted by Crippen LogP contribution is 2.38. The first-order valence-corrected chi connectivity index (χ1v) is 13.8. The first-order valence-electron chi connectivity index (χ1n) is 11.5. The number of benzene rings is 2. The van der Waals surface area contributed by atoms with Crippen LogP contribution in [0.25, 0.3) is 10.4 Å². The maximum absolute atomic E-state index is 13.2. The van der Waals surface area contributed by atoms with E-state index < -0.39 is 10.0 Å². The second-order valence-corrected chi connectivity index (χ2v) is 11.4. The number of hydrogen-bond acceptors (Lipinski definition) is 7. The molecule has 0 radical (unpaired) electrons. The summed E-state index contributed by atoms with van der Waals surface area (Å²) in [4.78, 5) is 5.68. The summed E-state index contributed by atoms with van der Waals surface area (Å²) in [6.07, 6.45) is 6.41. The van der Waals surface area contributed by atoms with Crippen molar-refractivity contribution in [3.63, 3.8) is 0 Å². The van der Waals surface area contributed by atoms with E-state index in [1.165, 1.54) is 74.8 Å². The third-order valence-electron chi connectivity index (χ3n) is 6.34. The molecule has 1 aliphatic carbocycles. The number of phenolic OH excluding ortho intramolecular Hbond substituents is 1. The highest BCUT2D eigenvalue weighted by atomic mass is 32.2. The molecule has 1 fully saturated rings. The number of aryl methyl sites for hydroxylation is 1. The second kappa shape index (κ2) is 10.2. The van der Waals surface area contributed by atoms with Crippen LogP contribution >= 0.6 is 11.3 Å². The van der Waals surface area contributed by atoms with Crippen LogP contribution in [0.2, 0.25) is 0 Å². The van der Waals surface area contributed by atoms with E-state index in [1.807, 2.05) is 13.0 Å². The molecule has 182 valence electrons. The largest absolute Gasteiger partial charge is 0.508 e. The summed E-state index contributed by atoms with van der Waals surface area (Å²) in [5, 5.41) is 13.9. The molecule has 0 amide bonds. The number of ether oxygens (including phenoxy) is 1. The van der Waals surface area contributed by atoms with Gasteiger partial charge in [0.25, 0.3) is 10.0 Å². The minimum atomic E-state index is -3.93. The van der Waals surface area contributed by atoms with Gasteiger partial charge in [-0.2, -0.15) is 0 Å². The zero-order valence-electron chi connectivity index (χ0n) is 19.7. The number of aromatic nitrogens is 1. The SMILES string of the molecule is COc1ccc(-c2sc(NC(C)C3CCCCC3)nc2C)cc1S(=O)(=O)Nc1ccc(O)cc1. The molecular weight excluding hydrogens is 470 g/mol. The molecule has 0 aliphatic heterocycles. The van der Waals surface area contributed by atoms with E-state index in [4.69, 9.17) is 9.72 Å². The number of sulfonamides is 1. The Kier molecular flexibility index (Phi) is 7.33. The standard InChI is InChI=1S/C25H31N3O4S2/c1-16(18-7-5-4-6-8-18)26-25-27-17(2)24(33-25)19-9-14-22(32-3)23(15-19)34(30,31)28-20-10-12-21(29)13-11-20/h9-16,18,28-29H,4-8H2,1-3H3,(H,26,27). The first kappa shape index (κ1) is 24.3. The summed E-state index contributed by atoms with van der Waals surface area (Å²) < 4.78 is 34.3. The molecule has 3 aromatic rings. The molecule has 34 heavy (non-hydrogen) atoms. The number of rotatable bonds is 8. The molecule has 1 saturated carbocycles. The van der Waals surface area contributed by atoms with Crippen molar-refractivity contribution in [2.75, 3.05) is 17.1 Å². The molecule has 1 unspecified atom stereocenters. The average Bonchev–Trinajstić information content (AvgIpc) is 3.20. The molecule has 0 saturated heterocycles. The van der Waals surface area contributed by atoms with Crippen LogP contribution in [-0.2, 0) is 10.0 Å². The topological polar surface area (TPSA) is 101 Å². The van der Waals surface area contributed by atoms with Gasteiger partial charge in [-0.15, -0.1) is 0 Å². The Bertz CT molecular complexity index is 1230. The summed E-state index contributed by atoms with van der Waals surface area (Å²) >= 11 is 1.54. The van der Waals surface area contributed by atoms with Crippen molar-refractivity contribution in [3.8, 4) is 21.9 Å². The van der Waals surface area contributed by atoms with Crippen molar-refractivity contribution in [3.05, 3.63) is 48.2 Å².